The van der Waals surface area contributed by atoms with Crippen LogP contribution in [0.2, 0.25) is 0 Å². The molecule has 0 saturated heterocycles. The number of hydrogen-bond acceptors (Lipinski definition) is 3. The molecule has 0 unspecified atom stereocenters. The molecule has 0 aliphatic rings. The Morgan fingerprint density at radius 3 is 2.17 bits per heavy atom. The van der Waals surface area contributed by atoms with E-state index in [1.807, 2.05) is 13.8 Å². The molecule has 1 heterocycles. The normalized spacial score (nSPS) is 10.4. The maximum Gasteiger partial charge on any atom is 0.145 e. The Labute approximate surface area is 107 Å². The Hall–Kier alpha value is -2.28. The van der Waals surface area contributed by atoms with E-state index in [0.717, 1.165) is 16.8 Å². The molecule has 0 amide bonds. The van der Waals surface area contributed by atoms with E-state index >= 15 is 0 Å². The molecule has 0 aliphatic heterocycles. The molecule has 2 N–H and O–H groups in total. The summed E-state index contributed by atoms with van der Waals surface area (Å²) in [5, 5.41) is 13.4. The van der Waals surface area contributed by atoms with Gasteiger partial charge in [-0.3, -0.25) is 0 Å². The van der Waals surface area contributed by atoms with Crippen LogP contribution >= 0.6 is 0 Å². The van der Waals surface area contributed by atoms with Crippen LogP contribution < -0.4 is 5.73 Å². The highest BCUT2D eigenvalue weighted by Crippen LogP contribution is 2.25. The molecule has 0 saturated carbocycles. The van der Waals surface area contributed by atoms with Crippen LogP contribution in [0.25, 0.3) is 5.69 Å². The first-order valence-corrected chi connectivity index (χ1v) is 5.79. The SMILES string of the molecule is Cc1cc(C)c(-n2nc(C)c(C#N)c2N)c(C)c1. The van der Waals surface area contributed by atoms with E-state index in [4.69, 9.17) is 11.0 Å². The van der Waals surface area contributed by atoms with Crippen LogP contribution in [0.4, 0.5) is 5.82 Å². The smallest absolute Gasteiger partial charge is 0.145 e. The molecule has 0 bridgehead atoms. The molecule has 2 rings (SSSR count). The zero-order chi connectivity index (χ0) is 13.4. The van der Waals surface area contributed by atoms with Gasteiger partial charge in [0.15, 0.2) is 0 Å². The number of aryl methyl sites for hydroxylation is 4. The van der Waals surface area contributed by atoms with Gasteiger partial charge in [-0.05, 0) is 38.8 Å². The highest BCUT2D eigenvalue weighted by Gasteiger charge is 2.16. The number of hydrogen-bond donors (Lipinski definition) is 1. The van der Waals surface area contributed by atoms with Gasteiger partial charge < -0.3 is 5.73 Å². The van der Waals surface area contributed by atoms with Gasteiger partial charge in [-0.25, -0.2) is 4.68 Å². The number of aromatic nitrogens is 2. The molecule has 0 spiro atoms. The van der Waals surface area contributed by atoms with Gasteiger partial charge in [0.05, 0.1) is 11.4 Å². The number of anilines is 1. The van der Waals surface area contributed by atoms with Crippen molar-refractivity contribution in [2.75, 3.05) is 5.73 Å². The van der Waals surface area contributed by atoms with Crippen LogP contribution in [-0.2, 0) is 0 Å². The van der Waals surface area contributed by atoms with Crippen LogP contribution in [0.15, 0.2) is 12.1 Å². The van der Waals surface area contributed by atoms with E-state index in [2.05, 4.69) is 30.2 Å². The molecule has 0 fully saturated rings. The lowest BCUT2D eigenvalue weighted by atomic mass is 10.1. The average molecular weight is 240 g/mol. The minimum Gasteiger partial charge on any atom is -0.382 e. The lowest BCUT2D eigenvalue weighted by Gasteiger charge is -2.12. The minimum atomic E-state index is 0.407. The second kappa shape index (κ2) is 4.19. The molecular formula is C14H16N4. The first-order valence-electron chi connectivity index (χ1n) is 5.79. The standard InChI is InChI=1S/C14H16N4/c1-8-5-9(2)13(10(3)6-8)18-14(16)12(7-15)11(4)17-18/h5-6H,16H2,1-4H3. The Morgan fingerprint density at radius 2 is 1.72 bits per heavy atom. The van der Waals surface area contributed by atoms with Gasteiger partial charge in [0.1, 0.15) is 17.5 Å². The van der Waals surface area contributed by atoms with E-state index < -0.39 is 0 Å². The van der Waals surface area contributed by atoms with Crippen LogP contribution in [0.1, 0.15) is 27.9 Å². The number of benzene rings is 1. The fraction of sp³-hybridized carbons (Fsp3) is 0.286. The Morgan fingerprint density at radius 1 is 1.17 bits per heavy atom. The van der Waals surface area contributed by atoms with Crippen molar-refractivity contribution in [3.05, 3.63) is 40.1 Å². The molecular weight excluding hydrogens is 224 g/mol. The van der Waals surface area contributed by atoms with Crippen molar-refractivity contribution >= 4 is 5.82 Å². The molecule has 4 heteroatoms. The van der Waals surface area contributed by atoms with E-state index in [1.165, 1.54) is 5.56 Å². The number of nitrogens with zero attached hydrogens (tertiary/aromatic N) is 3. The Kier molecular flexibility index (Phi) is 2.84. The summed E-state index contributed by atoms with van der Waals surface area (Å²) in [5.74, 6) is 0.407. The number of nitriles is 1. The van der Waals surface area contributed by atoms with E-state index in [9.17, 15) is 0 Å². The van der Waals surface area contributed by atoms with E-state index in [0.29, 0.717) is 17.1 Å². The molecule has 0 radical (unpaired) electrons. The minimum absolute atomic E-state index is 0.407. The Balaban J connectivity index is 2.75. The topological polar surface area (TPSA) is 67.6 Å². The second-order valence-corrected chi connectivity index (χ2v) is 4.62. The first kappa shape index (κ1) is 12.2. The average Bonchev–Trinajstić information content (AvgIpc) is 2.53. The predicted octanol–water partition coefficient (Wildman–Crippen LogP) is 2.56. The van der Waals surface area contributed by atoms with Crippen molar-refractivity contribution in [3.8, 4) is 11.8 Å². The summed E-state index contributed by atoms with van der Waals surface area (Å²) in [6.45, 7) is 7.90. The van der Waals surface area contributed by atoms with Crippen LogP contribution in [0.5, 0.6) is 0 Å². The summed E-state index contributed by atoms with van der Waals surface area (Å²) in [6.07, 6.45) is 0. The summed E-state index contributed by atoms with van der Waals surface area (Å²) in [4.78, 5) is 0. The monoisotopic (exact) mass is 240 g/mol. The van der Waals surface area contributed by atoms with Gasteiger partial charge in [-0.15, -0.1) is 0 Å². The summed E-state index contributed by atoms with van der Waals surface area (Å²) in [5.41, 5.74) is 11.5. The molecule has 1 aromatic carbocycles. The van der Waals surface area contributed by atoms with Gasteiger partial charge in [0.25, 0.3) is 0 Å². The number of nitrogens with two attached hydrogens (primary N) is 1. The van der Waals surface area contributed by atoms with Crippen molar-refractivity contribution in [2.45, 2.75) is 27.7 Å². The van der Waals surface area contributed by atoms with Gasteiger partial charge in [-0.1, -0.05) is 17.7 Å². The van der Waals surface area contributed by atoms with Crippen molar-refractivity contribution in [3.63, 3.8) is 0 Å². The third kappa shape index (κ3) is 1.74. The zero-order valence-corrected chi connectivity index (χ0v) is 11.1. The molecule has 0 atom stereocenters. The molecule has 1 aromatic heterocycles. The molecule has 2 aromatic rings. The Bertz CT molecular complexity index is 636. The summed E-state index contributed by atoms with van der Waals surface area (Å²) >= 11 is 0. The summed E-state index contributed by atoms with van der Waals surface area (Å²) in [7, 11) is 0. The van der Waals surface area contributed by atoms with E-state index in [-0.39, 0.29) is 0 Å². The maximum absolute atomic E-state index is 9.06. The highest BCUT2D eigenvalue weighted by atomic mass is 15.3. The van der Waals surface area contributed by atoms with Crippen LogP contribution in [-0.4, -0.2) is 9.78 Å². The van der Waals surface area contributed by atoms with Gasteiger partial charge >= 0.3 is 0 Å². The lowest BCUT2D eigenvalue weighted by molar-refractivity contribution is 0.857. The van der Waals surface area contributed by atoms with Crippen molar-refractivity contribution < 1.29 is 0 Å². The van der Waals surface area contributed by atoms with E-state index in [1.54, 1.807) is 11.6 Å². The molecule has 0 aliphatic carbocycles. The number of nitrogen functional groups attached to an aromatic ring is 1. The summed E-state index contributed by atoms with van der Waals surface area (Å²) in [6, 6.07) is 6.27. The maximum atomic E-state index is 9.06. The largest absolute Gasteiger partial charge is 0.382 e. The third-order valence-electron chi connectivity index (χ3n) is 3.06. The van der Waals surface area contributed by atoms with Crippen molar-refractivity contribution in [1.82, 2.24) is 9.78 Å². The van der Waals surface area contributed by atoms with Gasteiger partial charge in [-0.2, -0.15) is 10.4 Å². The first-order chi connectivity index (χ1) is 8.45. The molecule has 18 heavy (non-hydrogen) atoms. The van der Waals surface area contributed by atoms with Crippen LogP contribution in [0.3, 0.4) is 0 Å². The van der Waals surface area contributed by atoms with Gasteiger partial charge in [0.2, 0.25) is 0 Å². The summed E-state index contributed by atoms with van der Waals surface area (Å²) < 4.78 is 1.66. The second-order valence-electron chi connectivity index (χ2n) is 4.62. The zero-order valence-electron chi connectivity index (χ0n) is 11.1. The highest BCUT2D eigenvalue weighted by molar-refractivity contribution is 5.59. The third-order valence-corrected chi connectivity index (χ3v) is 3.06. The van der Waals surface area contributed by atoms with Crippen LogP contribution in [0, 0.1) is 39.0 Å². The quantitative estimate of drug-likeness (QED) is 0.833. The fourth-order valence-electron chi connectivity index (χ4n) is 2.36. The predicted molar refractivity (Wildman–Crippen MR) is 71.6 cm³/mol. The van der Waals surface area contributed by atoms with Gasteiger partial charge in [0, 0.05) is 0 Å². The molecule has 4 nitrogen and oxygen atoms in total. The van der Waals surface area contributed by atoms with Crippen molar-refractivity contribution in [2.24, 2.45) is 0 Å². The number of rotatable bonds is 1. The fourth-order valence-corrected chi connectivity index (χ4v) is 2.36. The van der Waals surface area contributed by atoms with Crippen molar-refractivity contribution in [1.29, 1.82) is 5.26 Å². The lowest BCUT2D eigenvalue weighted by Crippen LogP contribution is -2.06. The molecule has 92 valence electrons.